The first-order valence-electron chi connectivity index (χ1n) is 4.66. The van der Waals surface area contributed by atoms with E-state index in [1.54, 1.807) is 6.92 Å². The zero-order chi connectivity index (χ0) is 11.1. The summed E-state index contributed by atoms with van der Waals surface area (Å²) in [5.41, 5.74) is 0. The summed E-state index contributed by atoms with van der Waals surface area (Å²) in [6.45, 7) is 5.83. The maximum Gasteiger partial charge on any atom is 0.308 e. The Bertz CT molecular complexity index is 204. The summed E-state index contributed by atoms with van der Waals surface area (Å²) in [6, 6.07) is 0.248. The summed E-state index contributed by atoms with van der Waals surface area (Å²) >= 11 is 0. The summed E-state index contributed by atoms with van der Waals surface area (Å²) in [7, 11) is 0. The minimum absolute atomic E-state index is 0.174. The molecule has 0 saturated carbocycles. The molecule has 0 aromatic rings. The summed E-state index contributed by atoms with van der Waals surface area (Å²) in [4.78, 5) is 21.5. The van der Waals surface area contributed by atoms with E-state index in [2.05, 4.69) is 10.6 Å². The predicted octanol–water partition coefficient (Wildman–Crippen LogP) is -0.179. The van der Waals surface area contributed by atoms with Gasteiger partial charge in [-0.25, -0.2) is 0 Å². The molecule has 0 spiro atoms. The predicted molar refractivity (Wildman–Crippen MR) is 52.9 cm³/mol. The molecule has 0 rings (SSSR count). The Labute approximate surface area is 83.9 Å². The lowest BCUT2D eigenvalue weighted by Crippen LogP contribution is -2.39. The van der Waals surface area contributed by atoms with Gasteiger partial charge in [0.05, 0.1) is 12.5 Å². The van der Waals surface area contributed by atoms with E-state index in [-0.39, 0.29) is 25.0 Å². The molecule has 0 aliphatic carbocycles. The molecule has 0 bridgehead atoms. The van der Waals surface area contributed by atoms with Crippen LogP contribution in [0.2, 0.25) is 0 Å². The fraction of sp³-hybridized carbons (Fsp3) is 0.778. The van der Waals surface area contributed by atoms with Crippen LogP contribution in [0.1, 0.15) is 20.8 Å². The van der Waals surface area contributed by atoms with Gasteiger partial charge in [-0.1, -0.05) is 20.8 Å². The Kier molecular flexibility index (Phi) is 5.87. The Morgan fingerprint density at radius 3 is 2.29 bits per heavy atom. The molecule has 1 amide bonds. The Morgan fingerprint density at radius 2 is 1.86 bits per heavy atom. The van der Waals surface area contributed by atoms with E-state index in [1.807, 2.05) is 13.8 Å². The van der Waals surface area contributed by atoms with E-state index >= 15 is 0 Å². The monoisotopic (exact) mass is 202 g/mol. The number of aliphatic carboxylic acids is 1. The van der Waals surface area contributed by atoms with Crippen molar-refractivity contribution in [1.82, 2.24) is 10.6 Å². The molecule has 0 heterocycles. The fourth-order valence-corrected chi connectivity index (χ4v) is 0.714. The number of hydrogen-bond acceptors (Lipinski definition) is 3. The average molecular weight is 202 g/mol. The molecule has 3 N–H and O–H groups in total. The van der Waals surface area contributed by atoms with Gasteiger partial charge in [-0.05, 0) is 0 Å². The molecule has 82 valence electrons. The standard InChI is InChI=1S/C9H18N2O3/c1-6(2)10-5-8(12)11-4-7(3)9(13)14/h6-7,10H,4-5H2,1-3H3,(H,11,12)(H,13,14). The molecule has 0 saturated heterocycles. The molecule has 0 aromatic carbocycles. The van der Waals surface area contributed by atoms with Gasteiger partial charge in [-0.2, -0.15) is 0 Å². The largest absolute Gasteiger partial charge is 0.481 e. The Hall–Kier alpha value is -1.10. The molecule has 5 heteroatoms. The van der Waals surface area contributed by atoms with E-state index in [9.17, 15) is 9.59 Å². The van der Waals surface area contributed by atoms with Crippen molar-refractivity contribution in [2.45, 2.75) is 26.8 Å². The number of rotatable bonds is 6. The smallest absolute Gasteiger partial charge is 0.308 e. The maximum atomic E-state index is 11.1. The first-order chi connectivity index (χ1) is 6.43. The SMILES string of the molecule is CC(C)NCC(=O)NCC(C)C(=O)O. The number of nitrogens with one attached hydrogen (secondary N) is 2. The molecule has 5 nitrogen and oxygen atoms in total. The fourth-order valence-electron chi connectivity index (χ4n) is 0.714. The van der Waals surface area contributed by atoms with E-state index in [4.69, 9.17) is 5.11 Å². The van der Waals surface area contributed by atoms with Gasteiger partial charge < -0.3 is 15.7 Å². The third kappa shape index (κ3) is 6.42. The molecular formula is C9H18N2O3. The number of carboxylic acids is 1. The lowest BCUT2D eigenvalue weighted by atomic mass is 10.2. The van der Waals surface area contributed by atoms with E-state index in [1.165, 1.54) is 0 Å². The third-order valence-electron chi connectivity index (χ3n) is 1.70. The van der Waals surface area contributed by atoms with Crippen LogP contribution in [0.15, 0.2) is 0 Å². The topological polar surface area (TPSA) is 78.4 Å². The van der Waals surface area contributed by atoms with Crippen LogP contribution in [0.4, 0.5) is 0 Å². The summed E-state index contributed by atoms with van der Waals surface area (Å²) in [5.74, 6) is -1.62. The number of carboxylic acid groups (broad SMARTS) is 1. The van der Waals surface area contributed by atoms with Crippen molar-refractivity contribution in [3.05, 3.63) is 0 Å². The minimum atomic E-state index is -0.901. The average Bonchev–Trinajstić information content (AvgIpc) is 2.10. The molecule has 0 aromatic heterocycles. The van der Waals surface area contributed by atoms with Crippen molar-refractivity contribution in [3.63, 3.8) is 0 Å². The zero-order valence-corrected chi connectivity index (χ0v) is 8.83. The highest BCUT2D eigenvalue weighted by Crippen LogP contribution is 1.90. The van der Waals surface area contributed by atoms with Crippen LogP contribution in [-0.2, 0) is 9.59 Å². The molecular weight excluding hydrogens is 184 g/mol. The van der Waals surface area contributed by atoms with Crippen molar-refractivity contribution in [1.29, 1.82) is 0 Å². The quantitative estimate of drug-likeness (QED) is 0.558. The van der Waals surface area contributed by atoms with Crippen molar-refractivity contribution < 1.29 is 14.7 Å². The molecule has 1 unspecified atom stereocenters. The highest BCUT2D eigenvalue weighted by atomic mass is 16.4. The number of carbonyl (C=O) groups is 2. The molecule has 0 fully saturated rings. The third-order valence-corrected chi connectivity index (χ3v) is 1.70. The number of amides is 1. The first-order valence-corrected chi connectivity index (χ1v) is 4.66. The van der Waals surface area contributed by atoms with E-state index in [0.29, 0.717) is 0 Å². The second kappa shape index (κ2) is 6.37. The molecule has 0 aliphatic heterocycles. The van der Waals surface area contributed by atoms with Crippen LogP contribution in [0, 0.1) is 5.92 Å². The summed E-state index contributed by atoms with van der Waals surface area (Å²) in [6.07, 6.45) is 0. The van der Waals surface area contributed by atoms with Gasteiger partial charge in [-0.3, -0.25) is 9.59 Å². The number of hydrogen-bond donors (Lipinski definition) is 3. The van der Waals surface area contributed by atoms with Crippen LogP contribution in [-0.4, -0.2) is 36.1 Å². The first kappa shape index (κ1) is 12.9. The van der Waals surface area contributed by atoms with Gasteiger partial charge in [0.2, 0.25) is 5.91 Å². The van der Waals surface area contributed by atoms with Crippen LogP contribution in [0.3, 0.4) is 0 Å². The van der Waals surface area contributed by atoms with Gasteiger partial charge in [0.1, 0.15) is 0 Å². The van der Waals surface area contributed by atoms with Crippen molar-refractivity contribution >= 4 is 11.9 Å². The second-order valence-electron chi connectivity index (χ2n) is 3.58. The summed E-state index contributed by atoms with van der Waals surface area (Å²) < 4.78 is 0. The van der Waals surface area contributed by atoms with Crippen LogP contribution < -0.4 is 10.6 Å². The second-order valence-corrected chi connectivity index (χ2v) is 3.58. The Balaban J connectivity index is 3.59. The van der Waals surface area contributed by atoms with Gasteiger partial charge in [0, 0.05) is 12.6 Å². The molecule has 0 radical (unpaired) electrons. The van der Waals surface area contributed by atoms with Crippen LogP contribution >= 0.6 is 0 Å². The normalized spacial score (nSPS) is 12.6. The Morgan fingerprint density at radius 1 is 1.29 bits per heavy atom. The lowest BCUT2D eigenvalue weighted by Gasteiger charge is -2.10. The van der Waals surface area contributed by atoms with Crippen molar-refractivity contribution in [3.8, 4) is 0 Å². The summed E-state index contributed by atoms with van der Waals surface area (Å²) in [5, 5.41) is 14.0. The lowest BCUT2D eigenvalue weighted by molar-refractivity contribution is -0.141. The van der Waals surface area contributed by atoms with Gasteiger partial charge in [0.25, 0.3) is 0 Å². The van der Waals surface area contributed by atoms with Gasteiger partial charge in [0.15, 0.2) is 0 Å². The van der Waals surface area contributed by atoms with Gasteiger partial charge >= 0.3 is 5.97 Å². The van der Waals surface area contributed by atoms with Crippen molar-refractivity contribution in [2.75, 3.05) is 13.1 Å². The van der Waals surface area contributed by atoms with Crippen LogP contribution in [0.5, 0.6) is 0 Å². The molecule has 1 atom stereocenters. The van der Waals surface area contributed by atoms with Crippen molar-refractivity contribution in [2.24, 2.45) is 5.92 Å². The minimum Gasteiger partial charge on any atom is -0.481 e. The maximum absolute atomic E-state index is 11.1. The molecule has 0 aliphatic rings. The van der Waals surface area contributed by atoms with E-state index < -0.39 is 11.9 Å². The number of carbonyl (C=O) groups excluding carboxylic acids is 1. The highest BCUT2D eigenvalue weighted by Gasteiger charge is 2.11. The van der Waals surface area contributed by atoms with Gasteiger partial charge in [-0.15, -0.1) is 0 Å². The zero-order valence-electron chi connectivity index (χ0n) is 8.83. The van der Waals surface area contributed by atoms with E-state index in [0.717, 1.165) is 0 Å². The molecule has 14 heavy (non-hydrogen) atoms. The van der Waals surface area contributed by atoms with Crippen LogP contribution in [0.25, 0.3) is 0 Å². The highest BCUT2D eigenvalue weighted by molar-refractivity contribution is 5.79.